The van der Waals surface area contributed by atoms with Crippen LogP contribution < -0.4 is 0 Å². The second kappa shape index (κ2) is 9.11. The van der Waals surface area contributed by atoms with Gasteiger partial charge in [-0.1, -0.05) is 36.4 Å². The van der Waals surface area contributed by atoms with Gasteiger partial charge in [0.2, 0.25) is 5.91 Å². The molecule has 3 atom stereocenters. The fourth-order valence-electron chi connectivity index (χ4n) is 5.66. The molecule has 3 fully saturated rings. The molecule has 7 nitrogen and oxygen atoms in total. The number of hydrogen-bond acceptors (Lipinski definition) is 5. The number of benzene rings is 1. The van der Waals surface area contributed by atoms with Gasteiger partial charge in [0.15, 0.2) is 0 Å². The van der Waals surface area contributed by atoms with Gasteiger partial charge in [-0.2, -0.15) is 0 Å². The van der Waals surface area contributed by atoms with E-state index in [-0.39, 0.29) is 30.1 Å². The number of piperidine rings is 1. The third-order valence-corrected chi connectivity index (χ3v) is 8.10. The lowest BCUT2D eigenvalue weighted by atomic mass is 9.90. The fraction of sp³-hybridized carbons (Fsp3) is 0.615. The third kappa shape index (κ3) is 4.53. The topological polar surface area (TPSA) is 73.3 Å². The first-order valence-electron chi connectivity index (χ1n) is 12.4. The van der Waals surface area contributed by atoms with Crippen molar-refractivity contribution in [3.05, 3.63) is 47.7 Å². The average Bonchev–Trinajstić information content (AvgIpc) is 3.50. The second-order valence-corrected chi connectivity index (χ2v) is 10.2. The number of likely N-dealkylation sites (tertiary alicyclic amines) is 1. The molecule has 1 N–H and O–H groups in total. The number of fused-ring (bicyclic) bond motifs is 1. The number of aliphatic hydroxyl groups excluding tert-OH is 1. The Labute approximate surface area is 196 Å². The molecule has 33 heavy (non-hydrogen) atoms. The van der Waals surface area contributed by atoms with Gasteiger partial charge in [0.05, 0.1) is 12.6 Å². The second-order valence-electron chi connectivity index (χ2n) is 10.2. The molecule has 1 spiro atoms. The van der Waals surface area contributed by atoms with Crippen LogP contribution in [0.4, 0.5) is 4.79 Å². The lowest BCUT2D eigenvalue weighted by Crippen LogP contribution is -2.57. The SMILES string of the molecule is C[C@H]1C(=O)N2C(=CC[C@@H]2CCCN2CCC3(CC3)C(O)C2)CN1C(=O)OCc1ccccc1. The van der Waals surface area contributed by atoms with Crippen LogP contribution in [0.1, 0.15) is 51.0 Å². The van der Waals surface area contributed by atoms with Crippen LogP contribution in [0.3, 0.4) is 0 Å². The van der Waals surface area contributed by atoms with E-state index < -0.39 is 12.1 Å². The van der Waals surface area contributed by atoms with Crippen molar-refractivity contribution in [3.8, 4) is 0 Å². The summed E-state index contributed by atoms with van der Waals surface area (Å²) in [5.41, 5.74) is 2.09. The minimum Gasteiger partial charge on any atom is -0.445 e. The van der Waals surface area contributed by atoms with Crippen molar-refractivity contribution in [1.82, 2.24) is 14.7 Å². The first-order chi connectivity index (χ1) is 16.0. The van der Waals surface area contributed by atoms with Crippen LogP contribution in [0, 0.1) is 5.41 Å². The largest absolute Gasteiger partial charge is 0.445 e. The molecule has 1 aromatic carbocycles. The third-order valence-electron chi connectivity index (χ3n) is 8.10. The number of rotatable bonds is 6. The van der Waals surface area contributed by atoms with Crippen molar-refractivity contribution in [2.45, 2.75) is 70.2 Å². The standard InChI is InChI=1S/C26H35N3O4/c1-19-24(31)29-21(8-5-14-27-15-13-26(11-12-26)23(30)17-27)9-10-22(29)16-28(19)25(32)33-18-20-6-3-2-4-7-20/h2-4,6-7,10,19,21,23,30H,5,8-9,11-18H2,1H3/t19-,21-,23?/m0/s1. The Morgan fingerprint density at radius 2 is 2.00 bits per heavy atom. The van der Waals surface area contributed by atoms with Gasteiger partial charge in [0.1, 0.15) is 12.6 Å². The fourth-order valence-corrected chi connectivity index (χ4v) is 5.66. The van der Waals surface area contributed by atoms with Gasteiger partial charge in [-0.25, -0.2) is 4.79 Å². The lowest BCUT2D eigenvalue weighted by molar-refractivity contribution is -0.138. The molecule has 178 valence electrons. The lowest BCUT2D eigenvalue weighted by Gasteiger charge is -2.41. The molecule has 1 aromatic rings. The monoisotopic (exact) mass is 453 g/mol. The Kier molecular flexibility index (Phi) is 6.18. The average molecular weight is 454 g/mol. The Bertz CT molecular complexity index is 913. The molecule has 3 heterocycles. The van der Waals surface area contributed by atoms with Gasteiger partial charge >= 0.3 is 6.09 Å². The van der Waals surface area contributed by atoms with Crippen LogP contribution in [-0.2, 0) is 16.1 Å². The minimum absolute atomic E-state index is 0.0178. The molecule has 1 unspecified atom stereocenters. The van der Waals surface area contributed by atoms with Crippen molar-refractivity contribution in [2.24, 2.45) is 5.41 Å². The van der Waals surface area contributed by atoms with Crippen molar-refractivity contribution in [3.63, 3.8) is 0 Å². The maximum absolute atomic E-state index is 13.2. The van der Waals surface area contributed by atoms with Crippen LogP contribution in [0.5, 0.6) is 0 Å². The van der Waals surface area contributed by atoms with Crippen LogP contribution in [0.2, 0.25) is 0 Å². The van der Waals surface area contributed by atoms with E-state index in [1.54, 1.807) is 11.8 Å². The Hall–Kier alpha value is -2.38. The first-order valence-corrected chi connectivity index (χ1v) is 12.4. The van der Waals surface area contributed by atoms with Crippen LogP contribution in [-0.4, -0.2) is 76.2 Å². The van der Waals surface area contributed by atoms with Crippen LogP contribution >= 0.6 is 0 Å². The van der Waals surface area contributed by atoms with E-state index in [1.807, 2.05) is 35.2 Å². The minimum atomic E-state index is -0.530. The zero-order valence-electron chi connectivity index (χ0n) is 19.5. The smallest absolute Gasteiger partial charge is 0.411 e. The summed E-state index contributed by atoms with van der Waals surface area (Å²) in [6.07, 6.45) is 7.75. The molecular formula is C26H35N3O4. The zero-order chi connectivity index (χ0) is 23.0. The highest BCUT2D eigenvalue weighted by atomic mass is 16.6. The predicted octanol–water partition coefficient (Wildman–Crippen LogP) is 3.14. The number of nitrogens with zero attached hydrogens (tertiary/aromatic N) is 3. The molecule has 4 aliphatic rings. The van der Waals surface area contributed by atoms with Crippen molar-refractivity contribution in [2.75, 3.05) is 26.2 Å². The summed E-state index contributed by atoms with van der Waals surface area (Å²) in [5.74, 6) is -0.0178. The van der Waals surface area contributed by atoms with Crippen LogP contribution in [0.25, 0.3) is 0 Å². The molecule has 5 rings (SSSR count). The number of carbonyl (C=O) groups excluding carboxylic acids is 2. The molecule has 0 radical (unpaired) electrons. The summed E-state index contributed by atoms with van der Waals surface area (Å²) < 4.78 is 5.48. The van der Waals surface area contributed by atoms with Gasteiger partial charge in [-0.15, -0.1) is 0 Å². The number of hydrogen-bond donors (Lipinski definition) is 1. The maximum Gasteiger partial charge on any atom is 0.411 e. The van der Waals surface area contributed by atoms with Crippen molar-refractivity contribution in [1.29, 1.82) is 0 Å². The van der Waals surface area contributed by atoms with E-state index in [4.69, 9.17) is 4.74 Å². The van der Waals surface area contributed by atoms with Crippen LogP contribution in [0.15, 0.2) is 42.1 Å². The molecule has 3 aliphatic heterocycles. The quantitative estimate of drug-likeness (QED) is 0.716. The Morgan fingerprint density at radius 3 is 2.73 bits per heavy atom. The van der Waals surface area contributed by atoms with Gasteiger partial charge in [0, 0.05) is 18.3 Å². The number of β-amino-alcohol motifs (C(OH)–C–C–N with tert-alkyl or cyclic N) is 1. The van der Waals surface area contributed by atoms with E-state index in [9.17, 15) is 14.7 Å². The van der Waals surface area contributed by atoms with E-state index >= 15 is 0 Å². The highest BCUT2D eigenvalue weighted by Gasteiger charge is 2.51. The van der Waals surface area contributed by atoms with E-state index in [0.717, 1.165) is 56.6 Å². The summed E-state index contributed by atoms with van der Waals surface area (Å²) in [6, 6.07) is 9.22. The maximum atomic E-state index is 13.2. The predicted molar refractivity (Wildman–Crippen MR) is 124 cm³/mol. The molecular weight excluding hydrogens is 418 g/mol. The Balaban J connectivity index is 1.11. The number of piperazine rings is 1. The van der Waals surface area contributed by atoms with Crippen molar-refractivity contribution >= 4 is 12.0 Å². The summed E-state index contributed by atoms with van der Waals surface area (Å²) in [4.78, 5) is 31.7. The number of ether oxygens (including phenoxy) is 1. The van der Waals surface area contributed by atoms with Crippen molar-refractivity contribution < 1.29 is 19.4 Å². The summed E-state index contributed by atoms with van der Waals surface area (Å²) >= 11 is 0. The number of amides is 2. The zero-order valence-corrected chi connectivity index (χ0v) is 19.5. The summed E-state index contributed by atoms with van der Waals surface area (Å²) in [6.45, 7) is 5.24. The molecule has 0 bridgehead atoms. The molecule has 2 saturated heterocycles. The molecule has 1 aliphatic carbocycles. The summed E-state index contributed by atoms with van der Waals surface area (Å²) in [5, 5.41) is 10.4. The van der Waals surface area contributed by atoms with Gasteiger partial charge in [-0.05, 0) is 69.5 Å². The van der Waals surface area contributed by atoms with E-state index in [1.165, 1.54) is 12.8 Å². The Morgan fingerprint density at radius 1 is 1.21 bits per heavy atom. The molecule has 1 saturated carbocycles. The highest BCUT2D eigenvalue weighted by Crippen LogP contribution is 2.53. The molecule has 2 amide bonds. The number of aliphatic hydroxyl groups is 1. The number of carbonyl (C=O) groups is 2. The summed E-state index contributed by atoms with van der Waals surface area (Å²) in [7, 11) is 0. The van der Waals surface area contributed by atoms with Gasteiger partial charge in [0.25, 0.3) is 0 Å². The van der Waals surface area contributed by atoms with E-state index in [0.29, 0.717) is 6.54 Å². The normalized spacial score (nSPS) is 28.6. The first kappa shape index (κ1) is 22.4. The van der Waals surface area contributed by atoms with E-state index in [2.05, 4.69) is 11.0 Å². The highest BCUT2D eigenvalue weighted by molar-refractivity contribution is 5.89. The van der Waals surface area contributed by atoms with Gasteiger partial charge < -0.3 is 19.6 Å². The molecule has 0 aromatic heterocycles. The van der Waals surface area contributed by atoms with Gasteiger partial charge in [-0.3, -0.25) is 9.69 Å². The molecule has 7 heteroatoms.